The average molecular weight is 481 g/mol. The second-order valence-electron chi connectivity index (χ2n) is 10.0. The molecule has 0 radical (unpaired) electrons. The second-order valence-corrected chi connectivity index (χ2v) is 10.0. The van der Waals surface area contributed by atoms with Crippen molar-refractivity contribution in [3.8, 4) is 16.9 Å². The zero-order chi connectivity index (χ0) is 24.9. The van der Waals surface area contributed by atoms with Crippen molar-refractivity contribution in [2.75, 3.05) is 13.2 Å². The van der Waals surface area contributed by atoms with Gasteiger partial charge in [-0.2, -0.15) is 0 Å². The number of rotatable bonds is 14. The van der Waals surface area contributed by atoms with E-state index in [1.165, 1.54) is 32.1 Å². The van der Waals surface area contributed by atoms with Crippen LogP contribution in [0.25, 0.3) is 11.1 Å². The first-order chi connectivity index (χ1) is 17.1. The average Bonchev–Trinajstić information content (AvgIpc) is 2.89. The summed E-state index contributed by atoms with van der Waals surface area (Å²) in [5.74, 6) is 0.724. The third kappa shape index (κ3) is 8.38. The van der Waals surface area contributed by atoms with E-state index in [0.29, 0.717) is 32.3 Å². The van der Waals surface area contributed by atoms with Crippen molar-refractivity contribution in [1.29, 1.82) is 0 Å². The molecule has 0 bridgehead atoms. The van der Waals surface area contributed by atoms with Gasteiger partial charge in [-0.3, -0.25) is 4.79 Å². The van der Waals surface area contributed by atoms with Crippen LogP contribution in [0.15, 0.2) is 48.5 Å². The maximum absolute atomic E-state index is 12.3. The number of ether oxygens (including phenoxy) is 2. The van der Waals surface area contributed by atoms with Gasteiger partial charge in [0, 0.05) is 0 Å². The Balaban J connectivity index is 1.47. The summed E-state index contributed by atoms with van der Waals surface area (Å²) in [6.07, 6.45) is 12.0. The first-order valence-corrected chi connectivity index (χ1v) is 13.8. The van der Waals surface area contributed by atoms with Gasteiger partial charge in [-0.15, -0.1) is 0 Å². The Morgan fingerprint density at radius 2 is 1.37 bits per heavy atom. The minimum atomic E-state index is -0.868. The zero-order valence-corrected chi connectivity index (χ0v) is 21.8. The van der Waals surface area contributed by atoms with Crippen molar-refractivity contribution in [1.82, 2.24) is 0 Å². The van der Waals surface area contributed by atoms with Gasteiger partial charge in [0.2, 0.25) is 0 Å². The minimum Gasteiger partial charge on any atom is -0.494 e. The van der Waals surface area contributed by atoms with Crippen LogP contribution in [0, 0.1) is 5.92 Å². The third-order valence-electron chi connectivity index (χ3n) is 7.26. The van der Waals surface area contributed by atoms with Gasteiger partial charge in [0.15, 0.2) is 0 Å². The zero-order valence-electron chi connectivity index (χ0n) is 21.8. The fraction of sp³-hybridized carbons (Fsp3) is 0.581. The molecule has 4 heteroatoms. The van der Waals surface area contributed by atoms with E-state index in [9.17, 15) is 9.90 Å². The van der Waals surface area contributed by atoms with Crippen molar-refractivity contribution in [3.63, 3.8) is 0 Å². The van der Waals surface area contributed by atoms with Crippen molar-refractivity contribution in [2.45, 2.75) is 96.5 Å². The molecular formula is C31H44O4. The molecule has 1 aliphatic rings. The minimum absolute atomic E-state index is 0.0896. The van der Waals surface area contributed by atoms with Crippen LogP contribution in [0.2, 0.25) is 0 Å². The van der Waals surface area contributed by atoms with Crippen LogP contribution in [0.3, 0.4) is 0 Å². The van der Waals surface area contributed by atoms with E-state index in [1.807, 2.05) is 24.3 Å². The Bertz CT molecular complexity index is 864. The number of aliphatic hydroxyl groups is 1. The molecule has 0 amide bonds. The van der Waals surface area contributed by atoms with Gasteiger partial charge in [-0.1, -0.05) is 88.8 Å². The number of carbonyl (C=O) groups is 1. The number of carbonyl (C=O) groups excluding carboxylic acids is 1. The van der Waals surface area contributed by atoms with Crippen molar-refractivity contribution < 1.29 is 19.4 Å². The van der Waals surface area contributed by atoms with E-state index in [1.54, 1.807) is 0 Å². The summed E-state index contributed by atoms with van der Waals surface area (Å²) < 4.78 is 11.3. The molecule has 192 valence electrons. The molecule has 1 fully saturated rings. The molecule has 1 saturated carbocycles. The van der Waals surface area contributed by atoms with Crippen LogP contribution in [0.5, 0.6) is 5.75 Å². The van der Waals surface area contributed by atoms with Gasteiger partial charge in [0.1, 0.15) is 5.75 Å². The summed E-state index contributed by atoms with van der Waals surface area (Å²) in [6.45, 7) is 5.60. The highest BCUT2D eigenvalue weighted by atomic mass is 16.5. The van der Waals surface area contributed by atoms with E-state index in [4.69, 9.17) is 9.47 Å². The SMILES string of the molecule is CCCCCCCCOc1ccc(-c2ccc(C3(O)CCC(C(=O)OCCCC)CC3)cc2)cc1. The van der Waals surface area contributed by atoms with Crippen LogP contribution in [-0.2, 0) is 15.1 Å². The first-order valence-electron chi connectivity index (χ1n) is 13.8. The van der Waals surface area contributed by atoms with E-state index < -0.39 is 5.60 Å². The molecule has 0 unspecified atom stereocenters. The fourth-order valence-corrected chi connectivity index (χ4v) is 4.84. The Labute approximate surface area is 212 Å². The summed E-state index contributed by atoms with van der Waals surface area (Å²) in [5.41, 5.74) is 2.31. The second kappa shape index (κ2) is 14.3. The third-order valence-corrected chi connectivity index (χ3v) is 7.26. The lowest BCUT2D eigenvalue weighted by Gasteiger charge is -2.35. The maximum Gasteiger partial charge on any atom is 0.308 e. The van der Waals surface area contributed by atoms with Gasteiger partial charge in [-0.25, -0.2) is 0 Å². The smallest absolute Gasteiger partial charge is 0.308 e. The molecule has 35 heavy (non-hydrogen) atoms. The maximum atomic E-state index is 12.3. The molecule has 3 rings (SSSR count). The summed E-state index contributed by atoms with van der Waals surface area (Å²) >= 11 is 0. The van der Waals surface area contributed by atoms with Gasteiger partial charge in [0.25, 0.3) is 0 Å². The Kier molecular flexibility index (Phi) is 11.1. The molecular weight excluding hydrogens is 436 g/mol. The quantitative estimate of drug-likeness (QED) is 0.221. The molecule has 1 aliphatic carbocycles. The van der Waals surface area contributed by atoms with Crippen LogP contribution in [-0.4, -0.2) is 24.3 Å². The molecule has 0 atom stereocenters. The molecule has 0 heterocycles. The van der Waals surface area contributed by atoms with E-state index in [-0.39, 0.29) is 11.9 Å². The topological polar surface area (TPSA) is 55.8 Å². The number of hydrogen-bond donors (Lipinski definition) is 1. The van der Waals surface area contributed by atoms with Gasteiger partial charge in [-0.05, 0) is 67.3 Å². The number of benzene rings is 2. The fourth-order valence-electron chi connectivity index (χ4n) is 4.84. The predicted octanol–water partition coefficient (Wildman–Crippen LogP) is 7.81. The summed E-state index contributed by atoms with van der Waals surface area (Å²) in [7, 11) is 0. The molecule has 2 aromatic rings. The number of unbranched alkanes of at least 4 members (excludes halogenated alkanes) is 6. The summed E-state index contributed by atoms with van der Waals surface area (Å²) in [4.78, 5) is 12.3. The lowest BCUT2D eigenvalue weighted by atomic mass is 9.75. The van der Waals surface area contributed by atoms with Crippen LogP contribution in [0.4, 0.5) is 0 Å². The first kappa shape index (κ1) is 27.3. The van der Waals surface area contributed by atoms with Crippen LogP contribution >= 0.6 is 0 Å². The number of hydrogen-bond acceptors (Lipinski definition) is 4. The molecule has 0 aliphatic heterocycles. The van der Waals surface area contributed by atoms with Gasteiger partial charge < -0.3 is 14.6 Å². The van der Waals surface area contributed by atoms with E-state index in [2.05, 4.69) is 38.1 Å². The van der Waals surface area contributed by atoms with Crippen molar-refractivity contribution in [3.05, 3.63) is 54.1 Å². The molecule has 0 saturated heterocycles. The summed E-state index contributed by atoms with van der Waals surface area (Å²) in [5, 5.41) is 11.2. The molecule has 4 nitrogen and oxygen atoms in total. The molecule has 0 aromatic heterocycles. The molecule has 2 aromatic carbocycles. The van der Waals surface area contributed by atoms with Gasteiger partial charge in [0.05, 0.1) is 24.7 Å². The highest BCUT2D eigenvalue weighted by Crippen LogP contribution is 2.40. The van der Waals surface area contributed by atoms with Gasteiger partial charge >= 0.3 is 5.97 Å². The Morgan fingerprint density at radius 3 is 2.00 bits per heavy atom. The standard InChI is InChI=1S/C31H44O4/c1-3-5-7-8-9-10-24-34-29-17-13-26(14-18-29)25-11-15-28(16-12-25)31(33)21-19-27(20-22-31)30(32)35-23-6-4-2/h11-18,27,33H,3-10,19-24H2,1-2H3. The molecule has 1 N–H and O–H groups in total. The monoisotopic (exact) mass is 480 g/mol. The predicted molar refractivity (Wildman–Crippen MR) is 142 cm³/mol. The lowest BCUT2D eigenvalue weighted by Crippen LogP contribution is -2.34. The van der Waals surface area contributed by atoms with Crippen LogP contribution in [0.1, 0.15) is 96.5 Å². The Hall–Kier alpha value is -2.33. The highest BCUT2D eigenvalue weighted by Gasteiger charge is 2.37. The van der Waals surface area contributed by atoms with E-state index in [0.717, 1.165) is 48.3 Å². The highest BCUT2D eigenvalue weighted by molar-refractivity contribution is 5.72. The summed E-state index contributed by atoms with van der Waals surface area (Å²) in [6, 6.07) is 16.5. The van der Waals surface area contributed by atoms with Crippen molar-refractivity contribution >= 4 is 5.97 Å². The normalized spacial score (nSPS) is 19.9. The lowest BCUT2D eigenvalue weighted by molar-refractivity contribution is -0.151. The van der Waals surface area contributed by atoms with Crippen LogP contribution < -0.4 is 4.74 Å². The molecule has 0 spiro atoms. The van der Waals surface area contributed by atoms with Crippen molar-refractivity contribution in [2.24, 2.45) is 5.92 Å². The largest absolute Gasteiger partial charge is 0.494 e. The Morgan fingerprint density at radius 1 is 0.800 bits per heavy atom. The van der Waals surface area contributed by atoms with E-state index >= 15 is 0 Å². The number of esters is 1.